The van der Waals surface area contributed by atoms with Gasteiger partial charge in [-0.1, -0.05) is 26.8 Å². The summed E-state index contributed by atoms with van der Waals surface area (Å²) in [5, 5.41) is 10.1. The zero-order valence-corrected chi connectivity index (χ0v) is 12.0. The molecule has 1 aromatic carbocycles. The van der Waals surface area contributed by atoms with E-state index >= 15 is 0 Å². The van der Waals surface area contributed by atoms with Crippen LogP contribution in [0.15, 0.2) is 12.1 Å². The van der Waals surface area contributed by atoms with Crippen molar-refractivity contribution in [2.45, 2.75) is 40.7 Å². The second-order valence-corrected chi connectivity index (χ2v) is 5.79. The third-order valence-electron chi connectivity index (χ3n) is 2.98. The first-order valence-electron chi connectivity index (χ1n) is 6.06. The Morgan fingerprint density at radius 1 is 1.28 bits per heavy atom. The standard InChI is InChI=1S/C15H22O3/c1-9-7-10(2)12(11(8-9)18-6)13(16)14(17)15(3,4)5/h7-8,14,17H,1-6H3. The van der Waals surface area contributed by atoms with Crippen LogP contribution in [0.3, 0.4) is 0 Å². The van der Waals surface area contributed by atoms with Gasteiger partial charge in [-0.3, -0.25) is 4.79 Å². The highest BCUT2D eigenvalue weighted by Crippen LogP contribution is 2.29. The van der Waals surface area contributed by atoms with Gasteiger partial charge in [-0.05, 0) is 36.5 Å². The number of carbonyl (C=O) groups is 1. The molecule has 1 N–H and O–H groups in total. The van der Waals surface area contributed by atoms with E-state index in [-0.39, 0.29) is 5.78 Å². The smallest absolute Gasteiger partial charge is 0.195 e. The van der Waals surface area contributed by atoms with Gasteiger partial charge in [0.2, 0.25) is 0 Å². The van der Waals surface area contributed by atoms with Gasteiger partial charge in [0, 0.05) is 0 Å². The van der Waals surface area contributed by atoms with E-state index < -0.39 is 11.5 Å². The SMILES string of the molecule is COc1cc(C)cc(C)c1C(=O)C(O)C(C)(C)C. The van der Waals surface area contributed by atoms with Crippen LogP contribution in [-0.2, 0) is 0 Å². The minimum atomic E-state index is -1.03. The topological polar surface area (TPSA) is 46.5 Å². The lowest BCUT2D eigenvalue weighted by atomic mass is 9.83. The number of ether oxygens (including phenoxy) is 1. The molecule has 1 rings (SSSR count). The molecule has 0 fully saturated rings. The number of aryl methyl sites for hydroxylation is 2. The van der Waals surface area contributed by atoms with E-state index in [1.807, 2.05) is 46.8 Å². The van der Waals surface area contributed by atoms with Crippen molar-refractivity contribution in [1.29, 1.82) is 0 Å². The highest BCUT2D eigenvalue weighted by molar-refractivity contribution is 6.03. The first-order valence-corrected chi connectivity index (χ1v) is 6.06. The molecule has 0 saturated carbocycles. The Hall–Kier alpha value is -1.35. The number of Topliss-reactive ketones (excluding diaryl/α,β-unsaturated/α-hetero) is 1. The number of hydrogen-bond donors (Lipinski definition) is 1. The Balaban J connectivity index is 3.29. The van der Waals surface area contributed by atoms with Crippen LogP contribution >= 0.6 is 0 Å². The van der Waals surface area contributed by atoms with Crippen molar-refractivity contribution in [2.24, 2.45) is 5.41 Å². The lowest BCUT2D eigenvalue weighted by molar-refractivity contribution is 0.0439. The fourth-order valence-electron chi connectivity index (χ4n) is 1.94. The van der Waals surface area contributed by atoms with Gasteiger partial charge in [0.15, 0.2) is 5.78 Å². The molecule has 3 heteroatoms. The Morgan fingerprint density at radius 2 is 1.83 bits per heavy atom. The van der Waals surface area contributed by atoms with Crippen LogP contribution in [0.4, 0.5) is 0 Å². The van der Waals surface area contributed by atoms with Crippen LogP contribution in [0.25, 0.3) is 0 Å². The molecule has 0 heterocycles. The predicted octanol–water partition coefficient (Wildman–Crippen LogP) is 2.90. The number of aliphatic hydroxyl groups is 1. The number of benzene rings is 1. The number of rotatable bonds is 3. The summed E-state index contributed by atoms with van der Waals surface area (Å²) in [6.45, 7) is 9.32. The minimum Gasteiger partial charge on any atom is -0.496 e. The van der Waals surface area contributed by atoms with Crippen LogP contribution in [0.1, 0.15) is 42.3 Å². The Bertz CT molecular complexity index is 456. The highest BCUT2D eigenvalue weighted by atomic mass is 16.5. The average Bonchev–Trinajstić information content (AvgIpc) is 2.24. The molecule has 0 spiro atoms. The molecule has 1 unspecified atom stereocenters. The van der Waals surface area contributed by atoms with E-state index in [1.165, 1.54) is 7.11 Å². The average molecular weight is 250 g/mol. The second-order valence-electron chi connectivity index (χ2n) is 5.79. The van der Waals surface area contributed by atoms with Gasteiger partial charge in [-0.15, -0.1) is 0 Å². The minimum absolute atomic E-state index is 0.281. The fraction of sp³-hybridized carbons (Fsp3) is 0.533. The molecule has 0 amide bonds. The third-order valence-corrected chi connectivity index (χ3v) is 2.98. The number of ketones is 1. The summed E-state index contributed by atoms with van der Waals surface area (Å²) in [6.07, 6.45) is -1.03. The second kappa shape index (κ2) is 5.11. The highest BCUT2D eigenvalue weighted by Gasteiger charge is 2.32. The first kappa shape index (κ1) is 14.7. The summed E-state index contributed by atoms with van der Waals surface area (Å²) in [6, 6.07) is 3.74. The zero-order chi connectivity index (χ0) is 14.1. The van der Waals surface area contributed by atoms with Crippen molar-refractivity contribution in [3.8, 4) is 5.75 Å². The van der Waals surface area contributed by atoms with Crippen LogP contribution < -0.4 is 4.74 Å². The molecular formula is C15H22O3. The summed E-state index contributed by atoms with van der Waals surface area (Å²) in [7, 11) is 1.54. The van der Waals surface area contributed by atoms with E-state index in [9.17, 15) is 9.90 Å². The van der Waals surface area contributed by atoms with Crippen LogP contribution in [0.2, 0.25) is 0 Å². The summed E-state index contributed by atoms with van der Waals surface area (Å²) in [4.78, 5) is 12.4. The maximum absolute atomic E-state index is 12.4. The van der Waals surface area contributed by atoms with E-state index in [1.54, 1.807) is 0 Å². The molecule has 0 radical (unpaired) electrons. The van der Waals surface area contributed by atoms with Crippen molar-refractivity contribution >= 4 is 5.78 Å². The van der Waals surface area contributed by atoms with Crippen molar-refractivity contribution in [2.75, 3.05) is 7.11 Å². The number of methoxy groups -OCH3 is 1. The molecule has 0 aliphatic heterocycles. The maximum atomic E-state index is 12.4. The lowest BCUT2D eigenvalue weighted by Gasteiger charge is -2.25. The maximum Gasteiger partial charge on any atom is 0.195 e. The van der Waals surface area contributed by atoms with Gasteiger partial charge in [-0.2, -0.15) is 0 Å². The van der Waals surface area contributed by atoms with Crippen LogP contribution in [-0.4, -0.2) is 24.1 Å². The summed E-state index contributed by atoms with van der Waals surface area (Å²) < 4.78 is 5.26. The largest absolute Gasteiger partial charge is 0.496 e. The Labute approximate surface area is 109 Å². The van der Waals surface area contributed by atoms with Gasteiger partial charge in [0.05, 0.1) is 12.7 Å². The van der Waals surface area contributed by atoms with Gasteiger partial charge in [-0.25, -0.2) is 0 Å². The van der Waals surface area contributed by atoms with Crippen molar-refractivity contribution in [3.63, 3.8) is 0 Å². The molecule has 1 aromatic rings. The normalized spacial score (nSPS) is 13.3. The number of carbonyl (C=O) groups excluding carboxylic acids is 1. The molecule has 0 aliphatic carbocycles. The summed E-state index contributed by atoms with van der Waals surface area (Å²) in [5.74, 6) is 0.248. The molecular weight excluding hydrogens is 228 g/mol. The Kier molecular flexibility index (Phi) is 4.17. The van der Waals surface area contributed by atoms with Gasteiger partial charge >= 0.3 is 0 Å². The molecule has 0 aliphatic rings. The number of aliphatic hydroxyl groups excluding tert-OH is 1. The number of hydrogen-bond acceptors (Lipinski definition) is 3. The van der Waals surface area contributed by atoms with Gasteiger partial charge in [0.1, 0.15) is 11.9 Å². The molecule has 3 nitrogen and oxygen atoms in total. The lowest BCUT2D eigenvalue weighted by Crippen LogP contribution is -2.34. The van der Waals surface area contributed by atoms with Crippen molar-refractivity contribution in [1.82, 2.24) is 0 Å². The van der Waals surface area contributed by atoms with E-state index in [2.05, 4.69) is 0 Å². The summed E-state index contributed by atoms with van der Waals surface area (Å²) in [5.41, 5.74) is 1.86. The van der Waals surface area contributed by atoms with Crippen molar-refractivity contribution in [3.05, 3.63) is 28.8 Å². The quantitative estimate of drug-likeness (QED) is 0.839. The third kappa shape index (κ3) is 2.91. The molecule has 0 bridgehead atoms. The predicted molar refractivity (Wildman–Crippen MR) is 72.3 cm³/mol. The van der Waals surface area contributed by atoms with E-state index in [0.717, 1.165) is 11.1 Å². The van der Waals surface area contributed by atoms with E-state index in [0.29, 0.717) is 11.3 Å². The molecule has 0 aromatic heterocycles. The van der Waals surface area contributed by atoms with Crippen LogP contribution in [0.5, 0.6) is 5.75 Å². The molecule has 0 saturated heterocycles. The van der Waals surface area contributed by atoms with E-state index in [4.69, 9.17) is 4.74 Å². The zero-order valence-electron chi connectivity index (χ0n) is 12.0. The molecule has 18 heavy (non-hydrogen) atoms. The van der Waals surface area contributed by atoms with Gasteiger partial charge < -0.3 is 9.84 Å². The van der Waals surface area contributed by atoms with Crippen LogP contribution in [0, 0.1) is 19.3 Å². The Morgan fingerprint density at radius 3 is 2.28 bits per heavy atom. The summed E-state index contributed by atoms with van der Waals surface area (Å²) >= 11 is 0. The first-order chi connectivity index (χ1) is 8.18. The van der Waals surface area contributed by atoms with Crippen molar-refractivity contribution < 1.29 is 14.6 Å². The monoisotopic (exact) mass is 250 g/mol. The fourth-order valence-corrected chi connectivity index (χ4v) is 1.94. The molecule has 100 valence electrons. The van der Waals surface area contributed by atoms with Gasteiger partial charge in [0.25, 0.3) is 0 Å². The molecule has 1 atom stereocenters.